The molecule has 20 heavy (non-hydrogen) atoms. The van der Waals surface area contributed by atoms with E-state index >= 15 is 0 Å². The first kappa shape index (κ1) is 13.3. The smallest absolute Gasteiger partial charge is 0.149 e. The lowest BCUT2D eigenvalue weighted by Gasteiger charge is -2.14. The fourth-order valence-corrected chi connectivity index (χ4v) is 2.73. The van der Waals surface area contributed by atoms with Gasteiger partial charge in [-0.25, -0.2) is 0 Å². The molecule has 0 aliphatic heterocycles. The third-order valence-corrected chi connectivity index (χ3v) is 4.35. The topological polar surface area (TPSA) is 56.0 Å². The largest absolute Gasteiger partial charge is 0.399 e. The molecule has 0 atom stereocenters. The molecule has 0 amide bonds. The Balaban J connectivity index is 1.79. The van der Waals surface area contributed by atoms with E-state index in [1.807, 2.05) is 36.4 Å². The number of nitrogens with zero attached hydrogens (tertiary/aromatic N) is 1. The molecule has 1 saturated carbocycles. The summed E-state index contributed by atoms with van der Waals surface area (Å²) in [5.41, 5.74) is 8.03. The average Bonchev–Trinajstić information content (AvgIpc) is 3.24. The predicted octanol–water partition coefficient (Wildman–Crippen LogP) is 3.27. The number of benzene rings is 1. The molecular formula is C16H15BrN2O. The molecule has 3 nitrogen and oxygen atoms in total. The molecule has 1 aliphatic rings. The minimum atomic E-state index is -0.303. The Bertz CT molecular complexity index is 631. The number of hydrogen-bond acceptors (Lipinski definition) is 3. The van der Waals surface area contributed by atoms with Crippen molar-refractivity contribution >= 4 is 27.4 Å². The minimum absolute atomic E-state index is 0.247. The summed E-state index contributed by atoms with van der Waals surface area (Å²) in [4.78, 5) is 16.9. The molecule has 1 aliphatic carbocycles. The lowest BCUT2D eigenvalue weighted by Crippen LogP contribution is -2.22. The van der Waals surface area contributed by atoms with Crippen molar-refractivity contribution in [2.75, 3.05) is 5.73 Å². The Morgan fingerprint density at radius 2 is 1.90 bits per heavy atom. The van der Waals surface area contributed by atoms with Crippen molar-refractivity contribution in [3.63, 3.8) is 0 Å². The molecular weight excluding hydrogens is 316 g/mol. The maximum Gasteiger partial charge on any atom is 0.149 e. The van der Waals surface area contributed by atoms with Crippen LogP contribution in [-0.2, 0) is 16.6 Å². The number of ketones is 1. The summed E-state index contributed by atoms with van der Waals surface area (Å²) < 4.78 is 0.924. The summed E-state index contributed by atoms with van der Waals surface area (Å²) in [6.07, 6.45) is 3.96. The van der Waals surface area contributed by atoms with Crippen molar-refractivity contribution in [1.29, 1.82) is 0 Å². The number of aromatic nitrogens is 1. The second kappa shape index (κ2) is 5.02. The maximum absolute atomic E-state index is 12.6. The van der Waals surface area contributed by atoms with Gasteiger partial charge in [-0.05, 0) is 58.6 Å². The molecule has 0 bridgehead atoms. The first-order valence-electron chi connectivity index (χ1n) is 6.60. The van der Waals surface area contributed by atoms with Crippen LogP contribution < -0.4 is 5.73 Å². The Hall–Kier alpha value is -1.68. The Morgan fingerprint density at radius 3 is 2.45 bits per heavy atom. The summed E-state index contributed by atoms with van der Waals surface area (Å²) >= 11 is 3.35. The Morgan fingerprint density at radius 1 is 1.20 bits per heavy atom. The molecule has 0 spiro atoms. The number of nitrogens with two attached hydrogens (primary N) is 1. The number of Topliss-reactive ketones (excluding diaryl/α,β-unsaturated/α-hetero) is 1. The van der Waals surface area contributed by atoms with Crippen LogP contribution in [0.1, 0.15) is 24.1 Å². The number of anilines is 1. The fraction of sp³-hybridized carbons (Fsp3) is 0.250. The van der Waals surface area contributed by atoms with Gasteiger partial charge in [0.1, 0.15) is 5.78 Å². The van der Waals surface area contributed by atoms with Crippen LogP contribution in [0.5, 0.6) is 0 Å². The van der Waals surface area contributed by atoms with E-state index in [4.69, 9.17) is 5.73 Å². The van der Waals surface area contributed by atoms with Crippen LogP contribution in [0.3, 0.4) is 0 Å². The van der Waals surface area contributed by atoms with Gasteiger partial charge in [0.05, 0.1) is 5.41 Å². The number of rotatable bonds is 4. The van der Waals surface area contributed by atoms with Crippen LogP contribution in [0.4, 0.5) is 5.69 Å². The van der Waals surface area contributed by atoms with Gasteiger partial charge in [-0.2, -0.15) is 0 Å². The number of carbonyl (C=O) groups is 1. The van der Waals surface area contributed by atoms with Gasteiger partial charge in [0.15, 0.2) is 0 Å². The third-order valence-electron chi connectivity index (χ3n) is 3.88. The highest BCUT2D eigenvalue weighted by molar-refractivity contribution is 9.10. The lowest BCUT2D eigenvalue weighted by atomic mass is 9.89. The van der Waals surface area contributed by atoms with Gasteiger partial charge >= 0.3 is 0 Å². The lowest BCUT2D eigenvalue weighted by molar-refractivity contribution is -0.120. The Labute approximate surface area is 126 Å². The van der Waals surface area contributed by atoms with E-state index in [-0.39, 0.29) is 11.2 Å². The van der Waals surface area contributed by atoms with Crippen LogP contribution in [0, 0.1) is 0 Å². The van der Waals surface area contributed by atoms with E-state index in [0.717, 1.165) is 34.3 Å². The van der Waals surface area contributed by atoms with E-state index in [0.29, 0.717) is 6.42 Å². The van der Waals surface area contributed by atoms with Crippen LogP contribution in [0.15, 0.2) is 47.1 Å². The van der Waals surface area contributed by atoms with E-state index in [9.17, 15) is 4.79 Å². The SMILES string of the molecule is Nc1ccc(C2(C(=O)Cc3ccc(Br)cn3)CC2)cc1. The quantitative estimate of drug-likeness (QED) is 0.875. The van der Waals surface area contributed by atoms with E-state index in [1.54, 1.807) is 6.20 Å². The van der Waals surface area contributed by atoms with Crippen molar-refractivity contribution in [3.05, 3.63) is 58.3 Å². The molecule has 1 aromatic heterocycles. The summed E-state index contributed by atoms with van der Waals surface area (Å²) in [5.74, 6) is 0.247. The number of carbonyl (C=O) groups excluding carboxylic acids is 1. The molecule has 0 saturated heterocycles. The molecule has 0 radical (unpaired) electrons. The van der Waals surface area contributed by atoms with E-state index < -0.39 is 0 Å². The highest BCUT2D eigenvalue weighted by atomic mass is 79.9. The number of halogens is 1. The number of hydrogen-bond donors (Lipinski definition) is 1. The van der Waals surface area contributed by atoms with Crippen LogP contribution in [-0.4, -0.2) is 10.8 Å². The van der Waals surface area contributed by atoms with Gasteiger partial charge in [0.2, 0.25) is 0 Å². The van der Waals surface area contributed by atoms with Gasteiger partial charge in [-0.3, -0.25) is 9.78 Å². The summed E-state index contributed by atoms with van der Waals surface area (Å²) in [6.45, 7) is 0. The van der Waals surface area contributed by atoms with Crippen molar-refractivity contribution in [3.8, 4) is 0 Å². The van der Waals surface area contributed by atoms with E-state index in [1.165, 1.54) is 0 Å². The standard InChI is InChI=1S/C16H15BrN2O/c17-12-3-6-14(19-10-12)9-15(20)16(7-8-16)11-1-4-13(18)5-2-11/h1-6,10H,7-9,18H2. The van der Waals surface area contributed by atoms with Crippen LogP contribution in [0.25, 0.3) is 0 Å². The summed E-state index contributed by atoms with van der Waals surface area (Å²) in [5, 5.41) is 0. The van der Waals surface area contributed by atoms with Gasteiger partial charge in [0, 0.05) is 28.5 Å². The van der Waals surface area contributed by atoms with Crippen LogP contribution >= 0.6 is 15.9 Å². The number of nitrogen functional groups attached to an aromatic ring is 1. The van der Waals surface area contributed by atoms with Gasteiger partial charge in [-0.1, -0.05) is 12.1 Å². The van der Waals surface area contributed by atoms with Crippen molar-refractivity contribution in [2.24, 2.45) is 0 Å². The predicted molar refractivity (Wildman–Crippen MR) is 82.4 cm³/mol. The molecule has 1 aromatic carbocycles. The normalized spacial score (nSPS) is 15.8. The summed E-state index contributed by atoms with van der Waals surface area (Å²) in [7, 11) is 0. The molecule has 2 aromatic rings. The zero-order chi connectivity index (χ0) is 14.2. The molecule has 102 valence electrons. The number of pyridine rings is 1. The minimum Gasteiger partial charge on any atom is -0.399 e. The maximum atomic E-state index is 12.6. The molecule has 0 unspecified atom stereocenters. The second-order valence-electron chi connectivity index (χ2n) is 5.27. The second-order valence-corrected chi connectivity index (χ2v) is 6.19. The fourth-order valence-electron chi connectivity index (χ4n) is 2.50. The molecule has 1 heterocycles. The Kier molecular flexibility index (Phi) is 3.34. The molecule has 2 N–H and O–H groups in total. The van der Waals surface area contributed by atoms with Crippen LogP contribution in [0.2, 0.25) is 0 Å². The molecule has 1 fully saturated rings. The zero-order valence-electron chi connectivity index (χ0n) is 11.0. The van der Waals surface area contributed by atoms with Gasteiger partial charge in [-0.15, -0.1) is 0 Å². The first-order valence-corrected chi connectivity index (χ1v) is 7.39. The van der Waals surface area contributed by atoms with E-state index in [2.05, 4.69) is 20.9 Å². The average molecular weight is 331 g/mol. The van der Waals surface area contributed by atoms with Gasteiger partial charge in [0.25, 0.3) is 0 Å². The highest BCUT2D eigenvalue weighted by Crippen LogP contribution is 2.49. The molecule has 3 rings (SSSR count). The van der Waals surface area contributed by atoms with Crippen molar-refractivity contribution in [1.82, 2.24) is 4.98 Å². The third kappa shape index (κ3) is 2.48. The monoisotopic (exact) mass is 330 g/mol. The summed E-state index contributed by atoms with van der Waals surface area (Å²) in [6, 6.07) is 11.5. The van der Waals surface area contributed by atoms with Gasteiger partial charge < -0.3 is 5.73 Å². The zero-order valence-corrected chi connectivity index (χ0v) is 12.6. The molecule has 4 heteroatoms. The van der Waals surface area contributed by atoms with Crippen molar-refractivity contribution < 1.29 is 4.79 Å². The van der Waals surface area contributed by atoms with Crippen molar-refractivity contribution in [2.45, 2.75) is 24.7 Å². The highest BCUT2D eigenvalue weighted by Gasteiger charge is 2.50. The first-order chi connectivity index (χ1) is 9.60.